The van der Waals surface area contributed by atoms with E-state index in [0.29, 0.717) is 18.7 Å². The molecule has 1 aliphatic heterocycles. The smallest absolute Gasteiger partial charge is 0.387 e. The largest absolute Gasteiger partial charge is 0.490 e. The average Bonchev–Trinajstić information content (AvgIpc) is 2.83. The van der Waals surface area contributed by atoms with Crippen molar-refractivity contribution in [3.8, 4) is 11.5 Å². The van der Waals surface area contributed by atoms with Crippen LogP contribution in [0.5, 0.6) is 11.5 Å². The maximum absolute atomic E-state index is 12.5. The number of nitrogens with one attached hydrogen (secondary N) is 1. The van der Waals surface area contributed by atoms with Crippen LogP contribution < -0.4 is 19.7 Å². The average molecular weight is 460 g/mol. The summed E-state index contributed by atoms with van der Waals surface area (Å²) < 4.78 is 34.8. The summed E-state index contributed by atoms with van der Waals surface area (Å²) in [5.41, 5.74) is 1.92. The summed E-state index contributed by atoms with van der Waals surface area (Å²) in [6.07, 6.45) is 3.92. The maximum Gasteiger partial charge on any atom is 0.387 e. The van der Waals surface area contributed by atoms with Crippen LogP contribution in [0.25, 0.3) is 6.08 Å². The monoisotopic (exact) mass is 459 g/mol. The van der Waals surface area contributed by atoms with Gasteiger partial charge in [0.2, 0.25) is 5.91 Å². The molecule has 2 aromatic rings. The molecule has 8 heteroatoms. The number of hydrogen-bond acceptors (Lipinski definition) is 5. The zero-order valence-electron chi connectivity index (χ0n) is 18.9. The van der Waals surface area contributed by atoms with Gasteiger partial charge in [-0.2, -0.15) is 8.78 Å². The zero-order chi connectivity index (χ0) is 23.5. The highest BCUT2D eigenvalue weighted by Crippen LogP contribution is 2.30. The Hall–Kier alpha value is -3.13. The van der Waals surface area contributed by atoms with Gasteiger partial charge in [-0.05, 0) is 55.8 Å². The van der Waals surface area contributed by atoms with Crippen LogP contribution in [0.15, 0.2) is 54.6 Å². The van der Waals surface area contributed by atoms with E-state index in [4.69, 9.17) is 4.74 Å². The van der Waals surface area contributed by atoms with Crippen molar-refractivity contribution in [3.63, 3.8) is 0 Å². The second kappa shape index (κ2) is 12.8. The SMILES string of the molecule is CCOc1cc(/C=C/C(=O)NCCCN2CCN(c3ccccc3)CC2)ccc1OC(F)F. The van der Waals surface area contributed by atoms with E-state index in [1.807, 2.05) is 6.07 Å². The van der Waals surface area contributed by atoms with Gasteiger partial charge in [0.15, 0.2) is 11.5 Å². The highest BCUT2D eigenvalue weighted by atomic mass is 19.3. The van der Waals surface area contributed by atoms with Crippen LogP contribution in [-0.2, 0) is 4.79 Å². The second-order valence-corrected chi connectivity index (χ2v) is 7.66. The standard InChI is InChI=1S/C25H31F2N3O3/c1-2-32-23-19-20(9-11-22(23)33-25(26)27)10-12-24(31)28-13-6-14-29-15-17-30(18-16-29)21-7-4-3-5-8-21/h3-5,7-12,19,25H,2,6,13-18H2,1H3,(H,28,31)/b12-10+. The van der Waals surface area contributed by atoms with Crippen LogP contribution in [-0.4, -0.2) is 63.3 Å². The highest BCUT2D eigenvalue weighted by Gasteiger charge is 2.16. The molecular formula is C25H31F2N3O3. The number of alkyl halides is 2. The highest BCUT2D eigenvalue weighted by molar-refractivity contribution is 5.91. The third-order valence-corrected chi connectivity index (χ3v) is 5.35. The van der Waals surface area contributed by atoms with E-state index in [1.54, 1.807) is 25.1 Å². The number of amides is 1. The fourth-order valence-electron chi connectivity index (χ4n) is 3.70. The van der Waals surface area contributed by atoms with E-state index in [-0.39, 0.29) is 17.4 Å². The van der Waals surface area contributed by atoms with E-state index in [1.165, 1.54) is 17.8 Å². The Balaban J connectivity index is 1.37. The van der Waals surface area contributed by atoms with E-state index in [0.717, 1.165) is 39.1 Å². The van der Waals surface area contributed by atoms with E-state index < -0.39 is 6.61 Å². The van der Waals surface area contributed by atoms with Gasteiger partial charge in [-0.3, -0.25) is 9.69 Å². The fourth-order valence-corrected chi connectivity index (χ4v) is 3.70. The van der Waals surface area contributed by atoms with Gasteiger partial charge < -0.3 is 19.7 Å². The van der Waals surface area contributed by atoms with Gasteiger partial charge in [-0.1, -0.05) is 24.3 Å². The quantitative estimate of drug-likeness (QED) is 0.406. The lowest BCUT2D eigenvalue weighted by atomic mass is 10.2. The Morgan fingerprint density at radius 1 is 1.09 bits per heavy atom. The summed E-state index contributed by atoms with van der Waals surface area (Å²) in [4.78, 5) is 16.9. The van der Waals surface area contributed by atoms with E-state index in [9.17, 15) is 13.6 Å². The maximum atomic E-state index is 12.5. The van der Waals surface area contributed by atoms with Crippen LogP contribution in [0, 0.1) is 0 Å². The molecular weight excluding hydrogens is 428 g/mol. The number of benzene rings is 2. The van der Waals surface area contributed by atoms with Crippen LogP contribution in [0.4, 0.5) is 14.5 Å². The van der Waals surface area contributed by atoms with E-state index in [2.05, 4.69) is 44.1 Å². The number of piperazine rings is 1. The number of anilines is 1. The molecule has 1 aliphatic rings. The van der Waals surface area contributed by atoms with Gasteiger partial charge in [0.1, 0.15) is 0 Å². The Labute approximate surface area is 193 Å². The summed E-state index contributed by atoms with van der Waals surface area (Å²) in [5.74, 6) is -0.0134. The first-order chi connectivity index (χ1) is 16.0. The normalized spacial score (nSPS) is 14.6. The molecule has 0 aliphatic carbocycles. The third kappa shape index (κ3) is 8.05. The zero-order valence-corrected chi connectivity index (χ0v) is 18.9. The first-order valence-electron chi connectivity index (χ1n) is 11.2. The number of ether oxygens (including phenoxy) is 2. The number of para-hydroxylation sites is 1. The van der Waals surface area contributed by atoms with Gasteiger partial charge in [0.05, 0.1) is 6.61 Å². The summed E-state index contributed by atoms with van der Waals surface area (Å²) in [6.45, 7) is 4.70. The lowest BCUT2D eigenvalue weighted by molar-refractivity contribution is -0.116. The number of carbonyl (C=O) groups is 1. The molecule has 3 rings (SSSR count). The van der Waals surface area contributed by atoms with Crippen molar-refractivity contribution in [2.45, 2.75) is 20.0 Å². The Morgan fingerprint density at radius 2 is 1.85 bits per heavy atom. The molecule has 178 valence electrons. The molecule has 0 spiro atoms. The summed E-state index contributed by atoms with van der Waals surface area (Å²) in [5, 5.41) is 2.89. The Bertz CT molecular complexity index is 901. The molecule has 0 unspecified atom stereocenters. The fraction of sp³-hybridized carbons (Fsp3) is 0.400. The molecule has 0 bridgehead atoms. The summed E-state index contributed by atoms with van der Waals surface area (Å²) >= 11 is 0. The van der Waals surface area contributed by atoms with Crippen LogP contribution in [0.2, 0.25) is 0 Å². The molecule has 6 nitrogen and oxygen atoms in total. The Kier molecular flexibility index (Phi) is 9.50. The number of nitrogens with zero attached hydrogens (tertiary/aromatic N) is 2. The molecule has 0 aromatic heterocycles. The lowest BCUT2D eigenvalue weighted by Gasteiger charge is -2.36. The Morgan fingerprint density at radius 3 is 2.55 bits per heavy atom. The van der Waals surface area contributed by atoms with Gasteiger partial charge >= 0.3 is 6.61 Å². The predicted molar refractivity (Wildman–Crippen MR) is 126 cm³/mol. The molecule has 0 saturated carbocycles. The minimum atomic E-state index is -2.93. The lowest BCUT2D eigenvalue weighted by Crippen LogP contribution is -2.47. The predicted octanol–water partition coefficient (Wildman–Crippen LogP) is 4.03. The topological polar surface area (TPSA) is 54.0 Å². The molecule has 0 radical (unpaired) electrons. The molecule has 2 aromatic carbocycles. The first kappa shape index (κ1) is 24.5. The van der Waals surface area contributed by atoms with Crippen molar-refractivity contribution < 1.29 is 23.0 Å². The van der Waals surface area contributed by atoms with Crippen LogP contribution in [0.3, 0.4) is 0 Å². The van der Waals surface area contributed by atoms with E-state index >= 15 is 0 Å². The molecule has 1 heterocycles. The second-order valence-electron chi connectivity index (χ2n) is 7.66. The molecule has 1 saturated heterocycles. The number of rotatable bonds is 11. The number of hydrogen-bond donors (Lipinski definition) is 1. The van der Waals surface area contributed by atoms with Crippen molar-refractivity contribution in [3.05, 3.63) is 60.2 Å². The molecule has 1 amide bonds. The van der Waals surface area contributed by atoms with Gasteiger partial charge in [-0.15, -0.1) is 0 Å². The minimum Gasteiger partial charge on any atom is -0.490 e. The van der Waals surface area contributed by atoms with Gasteiger partial charge in [0.25, 0.3) is 0 Å². The van der Waals surface area contributed by atoms with Crippen molar-refractivity contribution in [1.29, 1.82) is 0 Å². The third-order valence-electron chi connectivity index (χ3n) is 5.35. The number of carbonyl (C=O) groups excluding carboxylic acids is 1. The first-order valence-corrected chi connectivity index (χ1v) is 11.2. The van der Waals surface area contributed by atoms with Crippen molar-refractivity contribution >= 4 is 17.7 Å². The van der Waals surface area contributed by atoms with Crippen LogP contribution in [0.1, 0.15) is 18.9 Å². The molecule has 1 fully saturated rings. The van der Waals surface area contributed by atoms with Crippen molar-refractivity contribution in [1.82, 2.24) is 10.2 Å². The molecule has 0 atom stereocenters. The minimum absolute atomic E-state index is 0.0296. The summed E-state index contributed by atoms with van der Waals surface area (Å²) in [7, 11) is 0. The van der Waals surface area contributed by atoms with Crippen molar-refractivity contribution in [2.24, 2.45) is 0 Å². The summed E-state index contributed by atoms with van der Waals surface area (Å²) in [6, 6.07) is 15.0. The molecule has 1 N–H and O–H groups in total. The number of halogens is 2. The molecule has 33 heavy (non-hydrogen) atoms. The van der Waals surface area contributed by atoms with Crippen LogP contribution >= 0.6 is 0 Å². The van der Waals surface area contributed by atoms with Gasteiger partial charge in [0, 0.05) is 44.5 Å². The van der Waals surface area contributed by atoms with Crippen molar-refractivity contribution in [2.75, 3.05) is 50.8 Å². The van der Waals surface area contributed by atoms with Gasteiger partial charge in [-0.25, -0.2) is 0 Å².